The average molecular weight is 311 g/mol. The molecular weight excluding hydrogens is 294 g/mol. The fraction of sp³-hybridized carbons (Fsp3) is 0.357. The standard InChI is InChI=1S/C14H17NO5S/c1-10-4-3-9-15(13(10)14(16)17)21(18,19)12-7-5-11(20-2)6-8-12/h3-8,10,13H,9H2,1-2H3,(H,16,17)/t10-,13?/m1/s1. The van der Waals surface area contributed by atoms with Gasteiger partial charge >= 0.3 is 5.97 Å². The van der Waals surface area contributed by atoms with E-state index in [4.69, 9.17) is 4.74 Å². The molecule has 1 heterocycles. The highest BCUT2D eigenvalue weighted by atomic mass is 32.2. The van der Waals surface area contributed by atoms with Gasteiger partial charge in [0.1, 0.15) is 11.8 Å². The van der Waals surface area contributed by atoms with Gasteiger partial charge in [-0.05, 0) is 24.3 Å². The number of methoxy groups -OCH3 is 1. The van der Waals surface area contributed by atoms with E-state index in [1.165, 1.54) is 31.4 Å². The third-order valence-corrected chi connectivity index (χ3v) is 5.31. The van der Waals surface area contributed by atoms with Crippen LogP contribution >= 0.6 is 0 Å². The molecule has 6 nitrogen and oxygen atoms in total. The molecule has 0 amide bonds. The van der Waals surface area contributed by atoms with Gasteiger partial charge in [0.15, 0.2) is 0 Å². The van der Waals surface area contributed by atoms with Crippen LogP contribution in [0.3, 0.4) is 0 Å². The van der Waals surface area contributed by atoms with Gasteiger partial charge in [-0.15, -0.1) is 0 Å². The molecule has 1 aliphatic heterocycles. The summed E-state index contributed by atoms with van der Waals surface area (Å²) in [7, 11) is -2.38. The Balaban J connectivity index is 2.41. The zero-order chi connectivity index (χ0) is 15.6. The molecule has 0 saturated carbocycles. The van der Waals surface area contributed by atoms with Crippen LogP contribution in [0.4, 0.5) is 0 Å². The van der Waals surface area contributed by atoms with E-state index < -0.39 is 22.0 Å². The Morgan fingerprint density at radius 3 is 2.48 bits per heavy atom. The minimum atomic E-state index is -3.87. The molecule has 1 aliphatic rings. The fourth-order valence-electron chi connectivity index (χ4n) is 2.34. The predicted molar refractivity (Wildman–Crippen MR) is 76.6 cm³/mol. The van der Waals surface area contributed by atoms with Crippen LogP contribution in [0.2, 0.25) is 0 Å². The second-order valence-electron chi connectivity index (χ2n) is 4.82. The molecule has 21 heavy (non-hydrogen) atoms. The molecule has 7 heteroatoms. The molecular formula is C14H17NO5S. The summed E-state index contributed by atoms with van der Waals surface area (Å²) in [4.78, 5) is 11.4. The van der Waals surface area contributed by atoms with Crippen molar-refractivity contribution >= 4 is 16.0 Å². The summed E-state index contributed by atoms with van der Waals surface area (Å²) < 4.78 is 31.3. The summed E-state index contributed by atoms with van der Waals surface area (Å²) in [5, 5.41) is 9.31. The number of hydrogen-bond acceptors (Lipinski definition) is 4. The zero-order valence-electron chi connectivity index (χ0n) is 11.8. The highest BCUT2D eigenvalue weighted by molar-refractivity contribution is 7.89. The van der Waals surface area contributed by atoms with Crippen molar-refractivity contribution in [1.29, 1.82) is 0 Å². The lowest BCUT2D eigenvalue weighted by Crippen LogP contribution is -2.50. The smallest absolute Gasteiger partial charge is 0.322 e. The van der Waals surface area contributed by atoms with Gasteiger partial charge in [-0.2, -0.15) is 4.31 Å². The number of nitrogens with zero attached hydrogens (tertiary/aromatic N) is 1. The number of rotatable bonds is 4. The van der Waals surface area contributed by atoms with Crippen LogP contribution < -0.4 is 4.74 Å². The van der Waals surface area contributed by atoms with Gasteiger partial charge in [-0.3, -0.25) is 4.79 Å². The first kappa shape index (κ1) is 15.5. The number of aliphatic carboxylic acids is 1. The number of hydrogen-bond donors (Lipinski definition) is 1. The number of benzene rings is 1. The molecule has 0 aromatic heterocycles. The Morgan fingerprint density at radius 2 is 1.95 bits per heavy atom. The Kier molecular flexibility index (Phi) is 4.34. The number of ether oxygens (including phenoxy) is 1. The van der Waals surface area contributed by atoms with Gasteiger partial charge in [0, 0.05) is 12.5 Å². The Hall–Kier alpha value is -1.86. The Morgan fingerprint density at radius 1 is 1.33 bits per heavy atom. The lowest BCUT2D eigenvalue weighted by atomic mass is 9.99. The van der Waals surface area contributed by atoms with E-state index in [9.17, 15) is 18.3 Å². The molecule has 0 radical (unpaired) electrons. The van der Waals surface area contributed by atoms with Crippen LogP contribution in [-0.4, -0.2) is 43.5 Å². The van der Waals surface area contributed by atoms with Crippen molar-refractivity contribution in [1.82, 2.24) is 4.31 Å². The molecule has 0 fully saturated rings. The van der Waals surface area contributed by atoms with Crippen LogP contribution in [-0.2, 0) is 14.8 Å². The maximum atomic E-state index is 12.6. The first-order valence-electron chi connectivity index (χ1n) is 6.43. The molecule has 2 rings (SSSR count). The minimum Gasteiger partial charge on any atom is -0.497 e. The van der Waals surface area contributed by atoms with Gasteiger partial charge < -0.3 is 9.84 Å². The van der Waals surface area contributed by atoms with Gasteiger partial charge in [-0.25, -0.2) is 8.42 Å². The van der Waals surface area contributed by atoms with Crippen LogP contribution in [0.5, 0.6) is 5.75 Å². The molecule has 1 aromatic rings. The van der Waals surface area contributed by atoms with Crippen LogP contribution in [0.15, 0.2) is 41.3 Å². The largest absolute Gasteiger partial charge is 0.497 e. The van der Waals surface area contributed by atoms with Crippen molar-refractivity contribution in [3.63, 3.8) is 0 Å². The summed E-state index contributed by atoms with van der Waals surface area (Å²) >= 11 is 0. The monoisotopic (exact) mass is 311 g/mol. The summed E-state index contributed by atoms with van der Waals surface area (Å²) in [6.45, 7) is 1.74. The van der Waals surface area contributed by atoms with E-state index in [1.807, 2.05) is 0 Å². The third-order valence-electron chi connectivity index (χ3n) is 3.45. The topological polar surface area (TPSA) is 83.9 Å². The summed E-state index contributed by atoms with van der Waals surface area (Å²) in [6.07, 6.45) is 3.39. The number of sulfonamides is 1. The van der Waals surface area contributed by atoms with Crippen molar-refractivity contribution < 1.29 is 23.1 Å². The van der Waals surface area contributed by atoms with Crippen molar-refractivity contribution in [2.24, 2.45) is 5.92 Å². The third kappa shape index (κ3) is 2.93. The SMILES string of the molecule is COc1ccc(S(=O)(=O)N2CC=C[C@@H](C)C2C(=O)O)cc1. The van der Waals surface area contributed by atoms with E-state index in [2.05, 4.69) is 0 Å². The van der Waals surface area contributed by atoms with Crippen molar-refractivity contribution in [3.05, 3.63) is 36.4 Å². The summed E-state index contributed by atoms with van der Waals surface area (Å²) in [6, 6.07) is 4.80. The molecule has 0 bridgehead atoms. The van der Waals surface area contributed by atoms with E-state index in [1.54, 1.807) is 19.1 Å². The zero-order valence-corrected chi connectivity index (χ0v) is 12.6. The number of carboxylic acid groups (broad SMARTS) is 1. The van der Waals surface area contributed by atoms with Crippen molar-refractivity contribution in [2.75, 3.05) is 13.7 Å². The molecule has 1 aromatic carbocycles. The predicted octanol–water partition coefficient (Wildman–Crippen LogP) is 1.34. The summed E-state index contributed by atoms with van der Waals surface area (Å²) in [5.74, 6) is -0.996. The average Bonchev–Trinajstić information content (AvgIpc) is 2.46. The molecule has 1 N–H and O–H groups in total. The molecule has 114 valence electrons. The maximum Gasteiger partial charge on any atom is 0.322 e. The molecule has 1 unspecified atom stereocenters. The first-order chi connectivity index (χ1) is 9.87. The molecule has 0 aliphatic carbocycles. The second kappa shape index (κ2) is 5.87. The highest BCUT2D eigenvalue weighted by Crippen LogP contribution is 2.26. The van der Waals surface area contributed by atoms with E-state index in [0.717, 1.165) is 4.31 Å². The van der Waals surface area contributed by atoms with E-state index in [-0.39, 0.29) is 17.4 Å². The number of carbonyl (C=O) groups is 1. The lowest BCUT2D eigenvalue weighted by molar-refractivity contribution is -0.142. The highest BCUT2D eigenvalue weighted by Gasteiger charge is 2.39. The van der Waals surface area contributed by atoms with E-state index in [0.29, 0.717) is 5.75 Å². The van der Waals surface area contributed by atoms with Crippen LogP contribution in [0.25, 0.3) is 0 Å². The quantitative estimate of drug-likeness (QED) is 0.848. The second-order valence-corrected chi connectivity index (χ2v) is 6.71. The molecule has 0 spiro atoms. The van der Waals surface area contributed by atoms with Crippen LogP contribution in [0, 0.1) is 5.92 Å². The van der Waals surface area contributed by atoms with Gasteiger partial charge in [-0.1, -0.05) is 19.1 Å². The maximum absolute atomic E-state index is 12.6. The lowest BCUT2D eigenvalue weighted by Gasteiger charge is -2.32. The van der Waals surface area contributed by atoms with Gasteiger partial charge in [0.25, 0.3) is 0 Å². The number of carboxylic acids is 1. The van der Waals surface area contributed by atoms with Crippen molar-refractivity contribution in [2.45, 2.75) is 17.9 Å². The van der Waals surface area contributed by atoms with Crippen LogP contribution in [0.1, 0.15) is 6.92 Å². The molecule has 2 atom stereocenters. The fourth-order valence-corrected chi connectivity index (χ4v) is 3.95. The van der Waals surface area contributed by atoms with E-state index >= 15 is 0 Å². The van der Waals surface area contributed by atoms with Gasteiger partial charge in [0.05, 0.1) is 12.0 Å². The molecule has 0 saturated heterocycles. The first-order valence-corrected chi connectivity index (χ1v) is 7.87. The Bertz CT molecular complexity index is 650. The minimum absolute atomic E-state index is 0.0513. The summed E-state index contributed by atoms with van der Waals surface area (Å²) in [5.41, 5.74) is 0. The van der Waals surface area contributed by atoms with Gasteiger partial charge in [0.2, 0.25) is 10.0 Å². The Labute approximate surface area is 123 Å². The normalized spacial score (nSPS) is 23.0. The van der Waals surface area contributed by atoms with Crippen molar-refractivity contribution in [3.8, 4) is 5.75 Å².